The van der Waals surface area contributed by atoms with Gasteiger partial charge >= 0.3 is 0 Å². The molecule has 102 valence electrons. The first kappa shape index (κ1) is 12.8. The van der Waals surface area contributed by atoms with Gasteiger partial charge in [0.1, 0.15) is 11.9 Å². The van der Waals surface area contributed by atoms with Gasteiger partial charge in [0.2, 0.25) is 0 Å². The molecule has 0 saturated heterocycles. The number of pyridine rings is 1. The van der Waals surface area contributed by atoms with Crippen LogP contribution in [0.15, 0.2) is 42.7 Å². The average molecular weight is 267 g/mol. The molecule has 0 fully saturated rings. The second kappa shape index (κ2) is 5.06. The molecule has 4 nitrogen and oxygen atoms in total. The van der Waals surface area contributed by atoms with Crippen LogP contribution in [-0.2, 0) is 13.5 Å². The predicted octanol–water partition coefficient (Wildman–Crippen LogP) is 2.55. The quantitative estimate of drug-likeness (QED) is 0.793. The van der Waals surface area contributed by atoms with Crippen LogP contribution >= 0.6 is 0 Å². The second-order valence-electron chi connectivity index (χ2n) is 5.06. The summed E-state index contributed by atoms with van der Waals surface area (Å²) in [6.45, 7) is 2.04. The summed E-state index contributed by atoms with van der Waals surface area (Å²) in [6, 6.07) is 9.94. The number of benzene rings is 1. The summed E-state index contributed by atoms with van der Waals surface area (Å²) in [4.78, 5) is 8.80. The number of aryl methyl sites for hydroxylation is 2. The summed E-state index contributed by atoms with van der Waals surface area (Å²) in [7, 11) is 1.92. The molecule has 3 rings (SSSR count). The number of rotatable bonds is 3. The van der Waals surface area contributed by atoms with E-state index in [1.807, 2.05) is 55.1 Å². The standard InChI is InChI=1S/C16H17N3O/c1-11-9-14(18-13-6-4-3-5-12(11)13)15(20)10-16-17-7-8-19(16)2/h3-9,15,20H,10H2,1-2H3. The van der Waals surface area contributed by atoms with Gasteiger partial charge in [-0.1, -0.05) is 18.2 Å². The highest BCUT2D eigenvalue weighted by molar-refractivity contribution is 5.82. The van der Waals surface area contributed by atoms with Crippen LogP contribution in [-0.4, -0.2) is 19.6 Å². The van der Waals surface area contributed by atoms with E-state index in [9.17, 15) is 5.11 Å². The molecule has 4 heteroatoms. The summed E-state index contributed by atoms with van der Waals surface area (Å²) in [6.07, 6.45) is 3.44. The molecule has 3 aromatic rings. The number of hydrogen-bond donors (Lipinski definition) is 1. The molecular formula is C16H17N3O. The maximum absolute atomic E-state index is 10.4. The molecule has 1 atom stereocenters. The van der Waals surface area contributed by atoms with E-state index in [2.05, 4.69) is 9.97 Å². The van der Waals surface area contributed by atoms with Gasteiger partial charge in [0.15, 0.2) is 0 Å². The van der Waals surface area contributed by atoms with Crippen molar-refractivity contribution in [2.45, 2.75) is 19.4 Å². The van der Waals surface area contributed by atoms with Gasteiger partial charge in [0, 0.05) is 31.2 Å². The third-order valence-corrected chi connectivity index (χ3v) is 3.58. The highest BCUT2D eigenvalue weighted by Gasteiger charge is 2.14. The Morgan fingerprint density at radius 2 is 2.10 bits per heavy atom. The highest BCUT2D eigenvalue weighted by Crippen LogP contribution is 2.22. The molecule has 0 aliphatic rings. The summed E-state index contributed by atoms with van der Waals surface area (Å²) >= 11 is 0. The van der Waals surface area contributed by atoms with Crippen LogP contribution in [0.2, 0.25) is 0 Å². The molecule has 0 spiro atoms. The Kier molecular flexibility index (Phi) is 3.24. The smallest absolute Gasteiger partial charge is 0.111 e. The zero-order chi connectivity index (χ0) is 14.1. The Morgan fingerprint density at radius 3 is 2.85 bits per heavy atom. The fraction of sp³-hybridized carbons (Fsp3) is 0.250. The van der Waals surface area contributed by atoms with E-state index in [1.54, 1.807) is 6.20 Å². The van der Waals surface area contributed by atoms with Crippen LogP contribution in [0.1, 0.15) is 23.2 Å². The van der Waals surface area contributed by atoms with E-state index in [4.69, 9.17) is 0 Å². The van der Waals surface area contributed by atoms with Crippen molar-refractivity contribution in [1.29, 1.82) is 0 Å². The molecule has 1 N–H and O–H groups in total. The Bertz CT molecular complexity index is 748. The minimum absolute atomic E-state index is 0.467. The molecule has 0 radical (unpaired) electrons. The van der Waals surface area contributed by atoms with Crippen molar-refractivity contribution < 1.29 is 5.11 Å². The lowest BCUT2D eigenvalue weighted by atomic mass is 10.1. The van der Waals surface area contributed by atoms with Crippen LogP contribution in [0, 0.1) is 6.92 Å². The van der Waals surface area contributed by atoms with Crippen molar-refractivity contribution in [2.24, 2.45) is 7.05 Å². The Labute approximate surface area is 117 Å². The summed E-state index contributed by atoms with van der Waals surface area (Å²) in [5.41, 5.74) is 2.75. The molecule has 1 aromatic carbocycles. The Morgan fingerprint density at radius 1 is 1.30 bits per heavy atom. The summed E-state index contributed by atoms with van der Waals surface area (Å²) in [5.74, 6) is 0.852. The first-order valence-corrected chi connectivity index (χ1v) is 6.65. The predicted molar refractivity (Wildman–Crippen MR) is 78.4 cm³/mol. The number of fused-ring (bicyclic) bond motifs is 1. The highest BCUT2D eigenvalue weighted by atomic mass is 16.3. The molecule has 2 aromatic heterocycles. The third kappa shape index (κ3) is 2.30. The van der Waals surface area contributed by atoms with E-state index < -0.39 is 6.10 Å². The van der Waals surface area contributed by atoms with E-state index >= 15 is 0 Å². The average Bonchev–Trinajstić information content (AvgIpc) is 2.84. The number of hydrogen-bond acceptors (Lipinski definition) is 3. The number of aliphatic hydroxyl groups excluding tert-OH is 1. The molecule has 0 bridgehead atoms. The second-order valence-corrected chi connectivity index (χ2v) is 5.06. The van der Waals surface area contributed by atoms with E-state index in [0.717, 1.165) is 22.3 Å². The molecule has 0 aliphatic carbocycles. The minimum Gasteiger partial charge on any atom is -0.386 e. The zero-order valence-electron chi connectivity index (χ0n) is 11.6. The van der Waals surface area contributed by atoms with Gasteiger partial charge in [-0.15, -0.1) is 0 Å². The van der Waals surface area contributed by atoms with Crippen molar-refractivity contribution in [3.63, 3.8) is 0 Å². The maximum atomic E-state index is 10.4. The fourth-order valence-electron chi connectivity index (χ4n) is 2.42. The van der Waals surface area contributed by atoms with Crippen LogP contribution in [0.4, 0.5) is 0 Å². The molecule has 2 heterocycles. The molecular weight excluding hydrogens is 250 g/mol. The molecule has 0 aliphatic heterocycles. The number of aromatic nitrogens is 3. The van der Waals surface area contributed by atoms with Crippen molar-refractivity contribution in [3.8, 4) is 0 Å². The van der Waals surface area contributed by atoms with Crippen molar-refractivity contribution >= 4 is 10.9 Å². The fourth-order valence-corrected chi connectivity index (χ4v) is 2.42. The summed E-state index contributed by atoms with van der Waals surface area (Å²) < 4.78 is 1.91. The van der Waals surface area contributed by atoms with E-state index in [0.29, 0.717) is 12.1 Å². The Hall–Kier alpha value is -2.20. The largest absolute Gasteiger partial charge is 0.386 e. The van der Waals surface area contributed by atoms with E-state index in [1.165, 1.54) is 0 Å². The van der Waals surface area contributed by atoms with Gasteiger partial charge in [-0.2, -0.15) is 0 Å². The van der Waals surface area contributed by atoms with Crippen LogP contribution in [0.5, 0.6) is 0 Å². The lowest BCUT2D eigenvalue weighted by Crippen LogP contribution is -2.08. The minimum atomic E-state index is -0.639. The SMILES string of the molecule is Cc1cc(C(O)Cc2nccn2C)nc2ccccc12. The number of para-hydroxylation sites is 1. The number of aliphatic hydroxyl groups is 1. The van der Waals surface area contributed by atoms with Gasteiger partial charge in [0.25, 0.3) is 0 Å². The zero-order valence-corrected chi connectivity index (χ0v) is 11.6. The molecule has 0 saturated carbocycles. The Balaban J connectivity index is 1.95. The van der Waals surface area contributed by atoms with Crippen molar-refractivity contribution in [1.82, 2.24) is 14.5 Å². The monoisotopic (exact) mass is 267 g/mol. The normalized spacial score (nSPS) is 12.8. The first-order valence-electron chi connectivity index (χ1n) is 6.65. The first-order chi connectivity index (χ1) is 9.65. The molecule has 1 unspecified atom stereocenters. The topological polar surface area (TPSA) is 50.9 Å². The maximum Gasteiger partial charge on any atom is 0.111 e. The van der Waals surface area contributed by atoms with Crippen molar-refractivity contribution in [2.75, 3.05) is 0 Å². The van der Waals surface area contributed by atoms with Crippen LogP contribution in [0.3, 0.4) is 0 Å². The molecule has 20 heavy (non-hydrogen) atoms. The number of imidazole rings is 1. The van der Waals surface area contributed by atoms with Gasteiger partial charge in [-0.3, -0.25) is 4.98 Å². The van der Waals surface area contributed by atoms with Gasteiger partial charge < -0.3 is 9.67 Å². The van der Waals surface area contributed by atoms with Gasteiger partial charge in [-0.25, -0.2) is 4.98 Å². The lowest BCUT2D eigenvalue weighted by Gasteiger charge is -2.12. The third-order valence-electron chi connectivity index (χ3n) is 3.58. The van der Waals surface area contributed by atoms with Crippen LogP contribution in [0.25, 0.3) is 10.9 Å². The van der Waals surface area contributed by atoms with Gasteiger partial charge in [-0.05, 0) is 24.6 Å². The summed E-state index contributed by atoms with van der Waals surface area (Å²) in [5, 5.41) is 11.5. The van der Waals surface area contributed by atoms with Gasteiger partial charge in [0.05, 0.1) is 11.2 Å². The lowest BCUT2D eigenvalue weighted by molar-refractivity contribution is 0.170. The van der Waals surface area contributed by atoms with Crippen LogP contribution < -0.4 is 0 Å². The van der Waals surface area contributed by atoms with E-state index in [-0.39, 0.29) is 0 Å². The number of nitrogens with zero attached hydrogens (tertiary/aromatic N) is 3. The van der Waals surface area contributed by atoms with Crippen molar-refractivity contribution in [3.05, 3.63) is 59.8 Å². The molecule has 0 amide bonds.